The van der Waals surface area contributed by atoms with Crippen LogP contribution in [0.15, 0.2) is 24.5 Å². The lowest BCUT2D eigenvalue weighted by Gasteiger charge is -2.06. The molecule has 5 heteroatoms. The van der Waals surface area contributed by atoms with Crippen molar-refractivity contribution in [2.45, 2.75) is 12.8 Å². The number of hydrogen-bond acceptors (Lipinski definition) is 2. The first kappa shape index (κ1) is 10.1. The molecule has 0 saturated heterocycles. The number of hydrogen-bond donors (Lipinski definition) is 0. The minimum absolute atomic E-state index is 0.202. The highest BCUT2D eigenvalue weighted by Crippen LogP contribution is 2.16. The Bertz CT molecular complexity index is 481. The van der Waals surface area contributed by atoms with Gasteiger partial charge in [0.05, 0.1) is 11.6 Å². The smallest absolute Gasteiger partial charge is 0.152 e. The molecule has 78 valence electrons. The van der Waals surface area contributed by atoms with E-state index in [1.807, 2.05) is 6.92 Å². The molecule has 0 amide bonds. The molecule has 0 aliphatic carbocycles. The molecule has 1 aromatic heterocycles. The highest BCUT2D eigenvalue weighted by molar-refractivity contribution is 6.16. The van der Waals surface area contributed by atoms with Crippen LogP contribution in [0.4, 0.5) is 4.39 Å². The quantitative estimate of drug-likeness (QED) is 0.735. The van der Waals surface area contributed by atoms with Crippen LogP contribution in [0.25, 0.3) is 5.69 Å². The van der Waals surface area contributed by atoms with Gasteiger partial charge in [0.15, 0.2) is 5.82 Å². The minimum Gasteiger partial charge on any atom is -0.282 e. The maximum absolute atomic E-state index is 13.5. The Labute approximate surface area is 91.5 Å². The third kappa shape index (κ3) is 1.85. The first-order chi connectivity index (χ1) is 7.22. The molecule has 0 fully saturated rings. The Morgan fingerprint density at radius 3 is 3.00 bits per heavy atom. The summed E-state index contributed by atoms with van der Waals surface area (Å²) in [5, 5.41) is 7.50. The van der Waals surface area contributed by atoms with Gasteiger partial charge in [-0.05, 0) is 24.6 Å². The summed E-state index contributed by atoms with van der Waals surface area (Å²) in [6.45, 7) is 1.90. The van der Waals surface area contributed by atoms with Crippen LogP contribution in [0, 0.1) is 12.7 Å². The van der Waals surface area contributed by atoms with Crippen LogP contribution < -0.4 is 0 Å². The van der Waals surface area contributed by atoms with Gasteiger partial charge in [-0.3, -0.25) is 4.57 Å². The maximum atomic E-state index is 13.5. The number of rotatable bonds is 2. The van der Waals surface area contributed by atoms with Crippen molar-refractivity contribution in [3.8, 4) is 5.69 Å². The van der Waals surface area contributed by atoms with E-state index in [-0.39, 0.29) is 11.7 Å². The molecule has 0 radical (unpaired) electrons. The summed E-state index contributed by atoms with van der Waals surface area (Å²) in [6.07, 6.45) is 1.45. The molecule has 0 atom stereocenters. The van der Waals surface area contributed by atoms with Crippen molar-refractivity contribution in [1.29, 1.82) is 0 Å². The van der Waals surface area contributed by atoms with Gasteiger partial charge in [-0.2, -0.15) is 0 Å². The van der Waals surface area contributed by atoms with Crippen LogP contribution in [0.5, 0.6) is 0 Å². The van der Waals surface area contributed by atoms with E-state index in [4.69, 9.17) is 11.6 Å². The van der Waals surface area contributed by atoms with E-state index in [1.54, 1.807) is 16.7 Å². The van der Waals surface area contributed by atoms with Gasteiger partial charge < -0.3 is 0 Å². The van der Waals surface area contributed by atoms with Crippen LogP contribution in [0.2, 0.25) is 0 Å². The molecule has 0 saturated carbocycles. The van der Waals surface area contributed by atoms with Gasteiger partial charge >= 0.3 is 0 Å². The summed E-state index contributed by atoms with van der Waals surface area (Å²) in [6, 6.07) is 4.86. The summed E-state index contributed by atoms with van der Waals surface area (Å²) in [7, 11) is 0. The van der Waals surface area contributed by atoms with Gasteiger partial charge in [0.25, 0.3) is 0 Å². The number of aryl methyl sites for hydroxylation is 1. The Balaban J connectivity index is 2.58. The fourth-order valence-corrected chi connectivity index (χ4v) is 1.54. The third-order valence-electron chi connectivity index (χ3n) is 2.10. The molecule has 3 nitrogen and oxygen atoms in total. The molecular formula is C10H9ClFN3. The first-order valence-corrected chi connectivity index (χ1v) is 4.97. The predicted octanol–water partition coefficient (Wildman–Crippen LogP) is 2.45. The summed E-state index contributed by atoms with van der Waals surface area (Å²) >= 11 is 5.67. The van der Waals surface area contributed by atoms with Crippen LogP contribution in [0.1, 0.15) is 11.4 Å². The zero-order valence-electron chi connectivity index (χ0n) is 8.11. The van der Waals surface area contributed by atoms with Crippen LogP contribution in [-0.2, 0) is 5.88 Å². The van der Waals surface area contributed by atoms with Gasteiger partial charge in [-0.15, -0.1) is 21.8 Å². The highest BCUT2D eigenvalue weighted by Gasteiger charge is 2.09. The van der Waals surface area contributed by atoms with Crippen LogP contribution in [-0.4, -0.2) is 14.8 Å². The van der Waals surface area contributed by atoms with E-state index in [9.17, 15) is 4.39 Å². The van der Waals surface area contributed by atoms with Crippen molar-refractivity contribution in [2.24, 2.45) is 0 Å². The molecule has 1 heterocycles. The number of benzene rings is 1. The van der Waals surface area contributed by atoms with E-state index < -0.39 is 0 Å². The molecule has 0 spiro atoms. The molecule has 0 aliphatic rings. The lowest BCUT2D eigenvalue weighted by Crippen LogP contribution is -2.01. The molecule has 2 aromatic rings. The topological polar surface area (TPSA) is 30.7 Å². The SMILES string of the molecule is Cc1ccc(F)c(-n2cnnc2CCl)c1. The third-order valence-corrected chi connectivity index (χ3v) is 2.34. The molecular weight excluding hydrogens is 217 g/mol. The number of nitrogens with zero attached hydrogens (tertiary/aromatic N) is 3. The van der Waals surface area contributed by atoms with Crippen molar-refractivity contribution in [3.63, 3.8) is 0 Å². The van der Waals surface area contributed by atoms with Crippen molar-refractivity contribution in [1.82, 2.24) is 14.8 Å². The lowest BCUT2D eigenvalue weighted by molar-refractivity contribution is 0.615. The Morgan fingerprint density at radius 2 is 2.27 bits per heavy atom. The van der Waals surface area contributed by atoms with Crippen molar-refractivity contribution in [3.05, 3.63) is 41.7 Å². The van der Waals surface area contributed by atoms with E-state index in [0.29, 0.717) is 11.5 Å². The van der Waals surface area contributed by atoms with Crippen LogP contribution in [0.3, 0.4) is 0 Å². The maximum Gasteiger partial charge on any atom is 0.152 e. The number of aromatic nitrogens is 3. The standard InChI is InChI=1S/C10H9ClFN3/c1-7-2-3-8(12)9(4-7)15-6-13-14-10(15)5-11/h2-4,6H,5H2,1H3. The molecule has 0 unspecified atom stereocenters. The number of alkyl halides is 1. The van der Waals surface area contributed by atoms with E-state index in [0.717, 1.165) is 5.56 Å². The van der Waals surface area contributed by atoms with Crippen molar-refractivity contribution < 1.29 is 4.39 Å². The Kier molecular flexibility index (Phi) is 2.68. The molecule has 0 bridgehead atoms. The average Bonchev–Trinajstić information content (AvgIpc) is 2.69. The van der Waals surface area contributed by atoms with E-state index in [2.05, 4.69) is 10.2 Å². The van der Waals surface area contributed by atoms with Gasteiger partial charge in [0.1, 0.15) is 12.1 Å². The van der Waals surface area contributed by atoms with Gasteiger partial charge in [0.2, 0.25) is 0 Å². The Hall–Kier alpha value is -1.42. The second kappa shape index (κ2) is 3.98. The zero-order valence-corrected chi connectivity index (χ0v) is 8.87. The first-order valence-electron chi connectivity index (χ1n) is 4.44. The van der Waals surface area contributed by atoms with E-state index in [1.165, 1.54) is 12.4 Å². The van der Waals surface area contributed by atoms with Gasteiger partial charge in [-0.25, -0.2) is 4.39 Å². The lowest BCUT2D eigenvalue weighted by atomic mass is 10.2. The zero-order chi connectivity index (χ0) is 10.8. The molecule has 15 heavy (non-hydrogen) atoms. The Morgan fingerprint density at radius 1 is 1.47 bits per heavy atom. The summed E-state index contributed by atoms with van der Waals surface area (Å²) in [5.41, 5.74) is 1.40. The van der Waals surface area contributed by atoms with Crippen molar-refractivity contribution >= 4 is 11.6 Å². The van der Waals surface area contributed by atoms with Crippen molar-refractivity contribution in [2.75, 3.05) is 0 Å². The van der Waals surface area contributed by atoms with Gasteiger partial charge in [-0.1, -0.05) is 6.07 Å². The number of halogens is 2. The predicted molar refractivity (Wildman–Crippen MR) is 55.6 cm³/mol. The fourth-order valence-electron chi connectivity index (χ4n) is 1.36. The fraction of sp³-hybridized carbons (Fsp3) is 0.200. The van der Waals surface area contributed by atoms with E-state index >= 15 is 0 Å². The highest BCUT2D eigenvalue weighted by atomic mass is 35.5. The second-order valence-electron chi connectivity index (χ2n) is 3.21. The summed E-state index contributed by atoms with van der Waals surface area (Å²) in [5.74, 6) is 0.417. The average molecular weight is 226 g/mol. The molecule has 2 rings (SSSR count). The summed E-state index contributed by atoms with van der Waals surface area (Å²) < 4.78 is 15.1. The molecule has 0 aliphatic heterocycles. The summed E-state index contributed by atoms with van der Waals surface area (Å²) in [4.78, 5) is 0. The normalized spacial score (nSPS) is 10.6. The largest absolute Gasteiger partial charge is 0.282 e. The monoisotopic (exact) mass is 225 g/mol. The minimum atomic E-state index is -0.313. The van der Waals surface area contributed by atoms with Crippen LogP contribution >= 0.6 is 11.6 Å². The van der Waals surface area contributed by atoms with Gasteiger partial charge in [0, 0.05) is 0 Å². The molecule has 1 aromatic carbocycles. The second-order valence-corrected chi connectivity index (χ2v) is 3.47. The molecule has 0 N–H and O–H groups in total.